The number of hydrazine groups is 1. The third-order valence-corrected chi connectivity index (χ3v) is 3.92. The van der Waals surface area contributed by atoms with Gasteiger partial charge in [-0.25, -0.2) is 0 Å². The molecule has 21 heavy (non-hydrogen) atoms. The van der Waals surface area contributed by atoms with Gasteiger partial charge in [0.2, 0.25) is 0 Å². The summed E-state index contributed by atoms with van der Waals surface area (Å²) < 4.78 is 6.70. The maximum Gasteiger partial charge on any atom is 0.274 e. The number of hydrogen-bond acceptors (Lipinski definition) is 5. The highest BCUT2D eigenvalue weighted by Gasteiger charge is 2.13. The van der Waals surface area contributed by atoms with E-state index in [4.69, 9.17) is 10.6 Å². The number of nitrogens with one attached hydrogen (secondary N) is 2. The maximum absolute atomic E-state index is 12.2. The largest absolute Gasteiger partial charge is 0.495 e. The van der Waals surface area contributed by atoms with E-state index in [2.05, 4.69) is 47.6 Å². The van der Waals surface area contributed by atoms with Gasteiger partial charge in [0.25, 0.3) is 5.91 Å². The fourth-order valence-electron chi connectivity index (χ4n) is 1.61. The summed E-state index contributed by atoms with van der Waals surface area (Å²) in [6, 6.07) is 6.71. The number of halogens is 2. The van der Waals surface area contributed by atoms with Gasteiger partial charge in [-0.1, -0.05) is 0 Å². The Morgan fingerprint density at radius 3 is 2.71 bits per heavy atom. The number of ether oxygens (including phenoxy) is 1. The molecule has 8 heteroatoms. The van der Waals surface area contributed by atoms with Crippen LogP contribution in [0.1, 0.15) is 10.5 Å². The van der Waals surface area contributed by atoms with Gasteiger partial charge < -0.3 is 15.5 Å². The van der Waals surface area contributed by atoms with Gasteiger partial charge in [-0.3, -0.25) is 15.6 Å². The number of aromatic nitrogens is 1. The Bertz CT molecular complexity index is 679. The average molecular weight is 416 g/mol. The molecule has 110 valence electrons. The summed E-state index contributed by atoms with van der Waals surface area (Å²) >= 11 is 6.76. The van der Waals surface area contributed by atoms with Crippen LogP contribution in [-0.2, 0) is 0 Å². The lowest BCUT2D eigenvalue weighted by atomic mass is 10.2. The van der Waals surface area contributed by atoms with E-state index in [1.807, 2.05) is 0 Å². The molecular weight excluding hydrogens is 404 g/mol. The predicted molar refractivity (Wildman–Crippen MR) is 88.4 cm³/mol. The number of nitrogen functional groups attached to an aromatic ring is 1. The average Bonchev–Trinajstić information content (AvgIpc) is 2.50. The molecule has 1 aromatic carbocycles. The fraction of sp³-hybridized carbons (Fsp3) is 0.0769. The molecule has 0 radical (unpaired) electrons. The summed E-state index contributed by atoms with van der Waals surface area (Å²) in [4.78, 5) is 16.2. The summed E-state index contributed by atoms with van der Waals surface area (Å²) in [6.07, 6.45) is 1.50. The molecule has 0 aliphatic rings. The van der Waals surface area contributed by atoms with Crippen molar-refractivity contribution in [3.63, 3.8) is 0 Å². The van der Waals surface area contributed by atoms with Gasteiger partial charge in [-0.15, -0.1) is 0 Å². The van der Waals surface area contributed by atoms with Gasteiger partial charge in [0.05, 0.1) is 23.0 Å². The van der Waals surface area contributed by atoms with E-state index < -0.39 is 0 Å². The third-order valence-electron chi connectivity index (χ3n) is 2.65. The zero-order chi connectivity index (χ0) is 15.4. The van der Waals surface area contributed by atoms with E-state index in [1.165, 1.54) is 6.20 Å². The second kappa shape index (κ2) is 6.88. The molecule has 0 aliphatic carbocycles. The van der Waals surface area contributed by atoms with E-state index in [-0.39, 0.29) is 11.6 Å². The molecule has 0 bridgehead atoms. The highest BCUT2D eigenvalue weighted by atomic mass is 79.9. The van der Waals surface area contributed by atoms with Crippen molar-refractivity contribution in [2.75, 3.05) is 17.9 Å². The lowest BCUT2D eigenvalue weighted by Crippen LogP contribution is -2.15. The molecule has 0 spiro atoms. The first kappa shape index (κ1) is 15.7. The molecule has 6 nitrogen and oxygen atoms in total. The maximum atomic E-state index is 12.2. The highest BCUT2D eigenvalue weighted by molar-refractivity contribution is 9.11. The Kier molecular flexibility index (Phi) is 5.16. The van der Waals surface area contributed by atoms with Crippen LogP contribution in [0.3, 0.4) is 0 Å². The first-order chi connectivity index (χ1) is 10.0. The number of nitrogens with zero attached hydrogens (tertiary/aromatic N) is 1. The Morgan fingerprint density at radius 1 is 1.29 bits per heavy atom. The number of methoxy groups -OCH3 is 1. The number of rotatable bonds is 4. The van der Waals surface area contributed by atoms with Crippen molar-refractivity contribution in [3.8, 4) is 5.75 Å². The van der Waals surface area contributed by atoms with Crippen molar-refractivity contribution in [2.45, 2.75) is 0 Å². The van der Waals surface area contributed by atoms with Crippen LogP contribution in [0.4, 0.5) is 11.4 Å². The van der Waals surface area contributed by atoms with Crippen molar-refractivity contribution in [1.29, 1.82) is 0 Å². The Labute approximate surface area is 138 Å². The zero-order valence-electron chi connectivity index (χ0n) is 11.0. The number of pyridine rings is 1. The molecule has 0 fully saturated rings. The summed E-state index contributed by atoms with van der Waals surface area (Å²) in [7, 11) is 1.55. The lowest BCUT2D eigenvalue weighted by Gasteiger charge is -2.11. The van der Waals surface area contributed by atoms with Gasteiger partial charge >= 0.3 is 0 Å². The van der Waals surface area contributed by atoms with E-state index in [9.17, 15) is 4.79 Å². The van der Waals surface area contributed by atoms with Crippen LogP contribution in [0.25, 0.3) is 0 Å². The van der Waals surface area contributed by atoms with Crippen molar-refractivity contribution >= 4 is 49.1 Å². The summed E-state index contributed by atoms with van der Waals surface area (Å²) in [5.74, 6) is 5.57. The van der Waals surface area contributed by atoms with Crippen LogP contribution >= 0.6 is 31.9 Å². The topological polar surface area (TPSA) is 89.3 Å². The second-order valence-electron chi connectivity index (χ2n) is 3.99. The second-order valence-corrected chi connectivity index (χ2v) is 5.70. The SMILES string of the molecule is COc1cc(NC(=O)c2cc(NN)ccn2)c(Br)cc1Br. The van der Waals surface area contributed by atoms with Gasteiger partial charge in [0.1, 0.15) is 11.4 Å². The van der Waals surface area contributed by atoms with Crippen molar-refractivity contribution in [1.82, 2.24) is 4.98 Å². The predicted octanol–water partition coefficient (Wildman–Crippen LogP) is 3.15. The Morgan fingerprint density at radius 2 is 2.05 bits per heavy atom. The van der Waals surface area contributed by atoms with Crippen molar-refractivity contribution in [3.05, 3.63) is 45.1 Å². The van der Waals surface area contributed by atoms with Gasteiger partial charge in [0.15, 0.2) is 0 Å². The minimum absolute atomic E-state index is 0.249. The molecular formula is C13H12Br2N4O2. The highest BCUT2D eigenvalue weighted by Crippen LogP contribution is 2.34. The van der Waals surface area contributed by atoms with Crippen LogP contribution in [0, 0.1) is 0 Å². The van der Waals surface area contributed by atoms with E-state index in [0.29, 0.717) is 17.1 Å². The molecule has 1 amide bonds. The number of hydrogen-bond donors (Lipinski definition) is 3. The van der Waals surface area contributed by atoms with Gasteiger partial charge in [0, 0.05) is 16.7 Å². The summed E-state index contributed by atoms with van der Waals surface area (Å²) in [6.45, 7) is 0. The normalized spacial score (nSPS) is 10.1. The molecule has 0 saturated heterocycles. The molecule has 0 aliphatic heterocycles. The first-order valence-electron chi connectivity index (χ1n) is 5.82. The molecule has 1 heterocycles. The molecule has 1 aromatic heterocycles. The van der Waals surface area contributed by atoms with Gasteiger partial charge in [-0.05, 0) is 50.1 Å². The minimum atomic E-state index is -0.350. The van der Waals surface area contributed by atoms with Crippen LogP contribution in [-0.4, -0.2) is 18.0 Å². The van der Waals surface area contributed by atoms with Crippen LogP contribution in [0.2, 0.25) is 0 Å². The summed E-state index contributed by atoms with van der Waals surface area (Å²) in [5, 5.41) is 2.76. The zero-order valence-corrected chi connectivity index (χ0v) is 14.2. The molecule has 2 rings (SSSR count). The minimum Gasteiger partial charge on any atom is -0.495 e. The van der Waals surface area contributed by atoms with Crippen LogP contribution < -0.4 is 21.3 Å². The van der Waals surface area contributed by atoms with Crippen molar-refractivity contribution < 1.29 is 9.53 Å². The van der Waals surface area contributed by atoms with Crippen LogP contribution in [0.15, 0.2) is 39.4 Å². The van der Waals surface area contributed by atoms with E-state index >= 15 is 0 Å². The molecule has 4 N–H and O–H groups in total. The molecule has 2 aromatic rings. The lowest BCUT2D eigenvalue weighted by molar-refractivity contribution is 0.102. The fourth-order valence-corrected chi connectivity index (χ4v) is 2.87. The molecule has 0 unspecified atom stereocenters. The van der Waals surface area contributed by atoms with Gasteiger partial charge in [-0.2, -0.15) is 0 Å². The number of carbonyl (C=O) groups is 1. The number of benzene rings is 1. The quantitative estimate of drug-likeness (QED) is 0.527. The first-order valence-corrected chi connectivity index (χ1v) is 7.40. The number of carbonyl (C=O) groups excluding carboxylic acids is 1. The smallest absolute Gasteiger partial charge is 0.274 e. The number of nitrogens with two attached hydrogens (primary N) is 1. The molecule has 0 atom stereocenters. The third kappa shape index (κ3) is 3.72. The standard InChI is InChI=1S/C13H12Br2N4O2/c1-21-12-6-10(8(14)5-9(12)15)18-13(20)11-4-7(19-16)2-3-17-11/h2-6H,16H2,1H3,(H,17,19)(H,18,20). The summed E-state index contributed by atoms with van der Waals surface area (Å²) in [5.41, 5.74) is 3.89. The van der Waals surface area contributed by atoms with Crippen LogP contribution in [0.5, 0.6) is 5.75 Å². The monoisotopic (exact) mass is 414 g/mol. The Balaban J connectivity index is 2.26. The van der Waals surface area contributed by atoms with Crippen molar-refractivity contribution in [2.24, 2.45) is 5.84 Å². The number of anilines is 2. The Hall–Kier alpha value is -1.64. The number of amides is 1. The van der Waals surface area contributed by atoms with E-state index in [0.717, 1.165) is 8.95 Å². The molecule has 0 saturated carbocycles. The van der Waals surface area contributed by atoms with E-state index in [1.54, 1.807) is 31.4 Å².